The molecule has 15 heavy (non-hydrogen) atoms. The molecule has 0 saturated carbocycles. The Bertz CT molecular complexity index is 438. The standard InChI is InChI=1S/C9H14N2O2S2/c1-14-11-15(12,13)9-4-2-8(3-5-9)6-7-10/h2-5,14H,6-7,10H2,1H3. The lowest BCUT2D eigenvalue weighted by atomic mass is 10.2. The summed E-state index contributed by atoms with van der Waals surface area (Å²) in [5.41, 5.74) is 6.43. The molecule has 0 fully saturated rings. The van der Waals surface area contributed by atoms with Crippen LogP contribution in [0, 0.1) is 0 Å². The molecule has 0 aliphatic rings. The molecule has 0 heterocycles. The molecule has 0 saturated heterocycles. The molecule has 0 radical (unpaired) electrons. The third-order valence-corrected chi connectivity index (χ3v) is 4.22. The maximum atomic E-state index is 11.5. The van der Waals surface area contributed by atoms with E-state index in [0.29, 0.717) is 18.1 Å². The summed E-state index contributed by atoms with van der Waals surface area (Å²) in [6.45, 7) is 0.560. The van der Waals surface area contributed by atoms with Crippen LogP contribution in [0.15, 0.2) is 32.9 Å². The zero-order chi connectivity index (χ0) is 11.3. The lowest BCUT2D eigenvalue weighted by molar-refractivity contribution is 0.598. The molecule has 0 amide bonds. The molecule has 0 atom stereocenters. The maximum Gasteiger partial charge on any atom is 0.287 e. The lowest BCUT2D eigenvalue weighted by Gasteiger charge is -2.00. The van der Waals surface area contributed by atoms with Gasteiger partial charge in [0, 0.05) is 0 Å². The first-order valence-electron chi connectivity index (χ1n) is 4.45. The normalized spacial score (nSPS) is 12.7. The molecule has 4 nitrogen and oxygen atoms in total. The van der Waals surface area contributed by atoms with Crippen LogP contribution < -0.4 is 5.73 Å². The number of hydrogen-bond acceptors (Lipinski definition) is 3. The zero-order valence-corrected chi connectivity index (χ0v) is 10.1. The van der Waals surface area contributed by atoms with Gasteiger partial charge in [0.1, 0.15) is 0 Å². The minimum absolute atomic E-state index is 0.234. The third-order valence-electron chi connectivity index (χ3n) is 1.84. The number of nitrogens with two attached hydrogens (primary N) is 1. The van der Waals surface area contributed by atoms with Gasteiger partial charge in [0.2, 0.25) is 0 Å². The van der Waals surface area contributed by atoms with Crippen LogP contribution in [0.25, 0.3) is 0 Å². The van der Waals surface area contributed by atoms with Crippen molar-refractivity contribution in [3.63, 3.8) is 0 Å². The molecule has 1 rings (SSSR count). The van der Waals surface area contributed by atoms with Crippen LogP contribution in [0.4, 0.5) is 0 Å². The molecule has 2 N–H and O–H groups in total. The quantitative estimate of drug-likeness (QED) is 0.760. The largest absolute Gasteiger partial charge is 0.330 e. The highest BCUT2D eigenvalue weighted by Crippen LogP contribution is 2.13. The van der Waals surface area contributed by atoms with Crippen molar-refractivity contribution in [2.45, 2.75) is 11.3 Å². The molecular formula is C9H14N2O2S2. The van der Waals surface area contributed by atoms with Crippen molar-refractivity contribution in [3.8, 4) is 0 Å². The van der Waals surface area contributed by atoms with Gasteiger partial charge in [-0.1, -0.05) is 23.7 Å². The second-order valence-electron chi connectivity index (χ2n) is 2.94. The van der Waals surface area contributed by atoms with Crippen LogP contribution >= 0.6 is 0 Å². The Labute approximate surface area is 93.7 Å². The van der Waals surface area contributed by atoms with Crippen LogP contribution in [0.3, 0.4) is 0 Å². The smallest absolute Gasteiger partial charge is 0.287 e. The second-order valence-corrected chi connectivity index (χ2v) is 5.41. The maximum absolute atomic E-state index is 11.5. The Morgan fingerprint density at radius 2 is 1.93 bits per heavy atom. The molecular weight excluding hydrogens is 232 g/mol. The van der Waals surface area contributed by atoms with Gasteiger partial charge in [0.05, 0.1) is 4.90 Å². The molecule has 0 spiro atoms. The van der Waals surface area contributed by atoms with Crippen LogP contribution in [0.5, 0.6) is 0 Å². The molecule has 84 valence electrons. The number of hydrogen-bond donors (Lipinski definition) is 2. The summed E-state index contributed by atoms with van der Waals surface area (Å²) in [7, 11) is -3.46. The topological polar surface area (TPSA) is 72.5 Å². The Morgan fingerprint density at radius 1 is 1.33 bits per heavy atom. The average molecular weight is 246 g/mol. The molecule has 0 aliphatic heterocycles. The highest BCUT2D eigenvalue weighted by molar-refractivity contribution is 7.94. The van der Waals surface area contributed by atoms with Crippen molar-refractivity contribution in [3.05, 3.63) is 29.8 Å². The average Bonchev–Trinajstić information content (AvgIpc) is 2.19. The molecule has 0 bridgehead atoms. The van der Waals surface area contributed by atoms with Crippen molar-refractivity contribution in [1.82, 2.24) is 0 Å². The van der Waals surface area contributed by atoms with E-state index in [9.17, 15) is 8.42 Å². The summed E-state index contributed by atoms with van der Waals surface area (Å²) >= 11 is 0.492. The Hall–Kier alpha value is -0.720. The van der Waals surface area contributed by atoms with Gasteiger partial charge in [0.15, 0.2) is 0 Å². The minimum Gasteiger partial charge on any atom is -0.330 e. The van der Waals surface area contributed by atoms with E-state index in [2.05, 4.69) is 3.77 Å². The highest BCUT2D eigenvalue weighted by Gasteiger charge is 2.10. The predicted molar refractivity (Wildman–Crippen MR) is 63.5 cm³/mol. The van der Waals surface area contributed by atoms with Crippen molar-refractivity contribution in [2.24, 2.45) is 9.50 Å². The number of rotatable bonds is 4. The van der Waals surface area contributed by atoms with Crippen molar-refractivity contribution in [2.75, 3.05) is 12.8 Å². The molecule has 0 unspecified atom stereocenters. The van der Waals surface area contributed by atoms with E-state index in [0.717, 1.165) is 12.0 Å². The Balaban J connectivity index is 2.99. The van der Waals surface area contributed by atoms with Crippen LogP contribution in [-0.4, -0.2) is 21.2 Å². The summed E-state index contributed by atoms with van der Waals surface area (Å²) < 4.78 is 26.5. The van der Waals surface area contributed by atoms with E-state index in [1.165, 1.54) is 0 Å². The SMILES string of the molecule is C[SH]=NS(=O)(=O)c1ccc(CCN)cc1. The number of benzene rings is 1. The zero-order valence-electron chi connectivity index (χ0n) is 8.42. The van der Waals surface area contributed by atoms with E-state index in [4.69, 9.17) is 5.73 Å². The molecule has 0 aromatic heterocycles. The van der Waals surface area contributed by atoms with Gasteiger partial charge in [-0.2, -0.15) is 8.42 Å². The van der Waals surface area contributed by atoms with E-state index in [-0.39, 0.29) is 4.90 Å². The van der Waals surface area contributed by atoms with Crippen molar-refractivity contribution < 1.29 is 8.42 Å². The molecule has 0 aliphatic carbocycles. The molecule has 1 aromatic rings. The van der Waals surface area contributed by atoms with E-state index in [1.807, 2.05) is 0 Å². The summed E-state index contributed by atoms with van der Waals surface area (Å²) in [6, 6.07) is 6.66. The fraction of sp³-hybridized carbons (Fsp3) is 0.333. The van der Waals surface area contributed by atoms with Crippen LogP contribution in [0.1, 0.15) is 5.56 Å². The van der Waals surface area contributed by atoms with Gasteiger partial charge < -0.3 is 5.73 Å². The first-order chi connectivity index (χ1) is 7.10. The summed E-state index contributed by atoms with van der Waals surface area (Å²) in [4.78, 5) is 0.234. The Kier molecular flexibility index (Phi) is 4.44. The monoisotopic (exact) mass is 246 g/mol. The van der Waals surface area contributed by atoms with Crippen LogP contribution in [-0.2, 0) is 28.0 Å². The summed E-state index contributed by atoms with van der Waals surface area (Å²) in [5, 5.41) is 0. The predicted octanol–water partition coefficient (Wildman–Crippen LogP) is 0.505. The van der Waals surface area contributed by atoms with E-state index >= 15 is 0 Å². The van der Waals surface area contributed by atoms with Gasteiger partial charge in [-0.15, -0.1) is 3.77 Å². The van der Waals surface area contributed by atoms with Crippen molar-refractivity contribution >= 4 is 21.6 Å². The first kappa shape index (κ1) is 12.4. The van der Waals surface area contributed by atoms with Gasteiger partial charge in [0.25, 0.3) is 10.0 Å². The summed E-state index contributed by atoms with van der Waals surface area (Å²) in [6.07, 6.45) is 2.42. The lowest BCUT2D eigenvalue weighted by Crippen LogP contribution is -2.03. The first-order valence-corrected chi connectivity index (χ1v) is 7.18. The van der Waals surface area contributed by atoms with Gasteiger partial charge in [-0.25, -0.2) is 0 Å². The van der Waals surface area contributed by atoms with Gasteiger partial charge in [-0.3, -0.25) is 0 Å². The highest BCUT2D eigenvalue weighted by atomic mass is 32.2. The summed E-state index contributed by atoms with van der Waals surface area (Å²) in [5.74, 6) is 0. The molecule has 1 aromatic carbocycles. The minimum atomic E-state index is -3.46. The van der Waals surface area contributed by atoms with Gasteiger partial charge in [-0.05, 0) is 36.9 Å². The van der Waals surface area contributed by atoms with Crippen LogP contribution in [0.2, 0.25) is 0 Å². The number of thiol groups is 1. The Morgan fingerprint density at radius 3 is 2.40 bits per heavy atom. The number of sulfonamides is 1. The molecule has 6 heteroatoms. The number of nitrogens with zero attached hydrogens (tertiary/aromatic N) is 1. The fourth-order valence-corrected chi connectivity index (χ4v) is 2.87. The second kappa shape index (κ2) is 5.39. The third kappa shape index (κ3) is 3.40. The van der Waals surface area contributed by atoms with Gasteiger partial charge >= 0.3 is 0 Å². The van der Waals surface area contributed by atoms with E-state index in [1.54, 1.807) is 30.5 Å². The fourth-order valence-electron chi connectivity index (χ4n) is 1.15. The van der Waals surface area contributed by atoms with Crippen molar-refractivity contribution in [1.29, 1.82) is 0 Å². The van der Waals surface area contributed by atoms with E-state index < -0.39 is 10.0 Å².